The van der Waals surface area contributed by atoms with Gasteiger partial charge in [-0.15, -0.1) is 11.6 Å². The molecule has 21 heavy (non-hydrogen) atoms. The van der Waals surface area contributed by atoms with E-state index in [2.05, 4.69) is 42.5 Å². The van der Waals surface area contributed by atoms with Crippen molar-refractivity contribution in [3.63, 3.8) is 0 Å². The number of halogens is 1. The molecule has 0 radical (unpaired) electrons. The summed E-state index contributed by atoms with van der Waals surface area (Å²) in [6.45, 7) is 0. The van der Waals surface area contributed by atoms with Crippen molar-refractivity contribution in [1.82, 2.24) is 0 Å². The first-order valence-corrected chi connectivity index (χ1v) is 8.86. The highest BCUT2D eigenvalue weighted by Crippen LogP contribution is 2.71. The highest BCUT2D eigenvalue weighted by Gasteiger charge is 2.66. The minimum atomic E-state index is 0.351. The molecule has 2 bridgehead atoms. The predicted molar refractivity (Wildman–Crippen MR) is 88.6 cm³/mol. The average Bonchev–Trinajstić information content (AvgIpc) is 2.96. The van der Waals surface area contributed by atoms with E-state index >= 15 is 0 Å². The van der Waals surface area contributed by atoms with Gasteiger partial charge in [-0.2, -0.15) is 0 Å². The Labute approximate surface area is 131 Å². The minimum absolute atomic E-state index is 0.351. The Morgan fingerprint density at radius 2 is 1.67 bits per heavy atom. The van der Waals surface area contributed by atoms with Crippen molar-refractivity contribution in [2.24, 2.45) is 29.6 Å². The van der Waals surface area contributed by atoms with Crippen LogP contribution in [-0.2, 0) is 6.42 Å². The van der Waals surface area contributed by atoms with Crippen LogP contribution in [0.15, 0.2) is 42.5 Å². The lowest BCUT2D eigenvalue weighted by atomic mass is 9.96. The molecule has 3 aliphatic rings. The summed E-state index contributed by atoms with van der Waals surface area (Å²) in [4.78, 5) is 0. The number of alkyl halides is 1. The van der Waals surface area contributed by atoms with Crippen LogP contribution in [0.25, 0.3) is 10.8 Å². The van der Waals surface area contributed by atoms with Crippen LogP contribution < -0.4 is 0 Å². The highest BCUT2D eigenvalue weighted by atomic mass is 35.5. The van der Waals surface area contributed by atoms with Gasteiger partial charge in [0.2, 0.25) is 0 Å². The smallest absolute Gasteiger partial charge is 0.0410 e. The second-order valence-electron chi connectivity index (χ2n) is 7.47. The summed E-state index contributed by atoms with van der Waals surface area (Å²) in [5.41, 5.74) is 1.41. The van der Waals surface area contributed by atoms with Crippen LogP contribution in [-0.4, -0.2) is 5.38 Å². The maximum absolute atomic E-state index is 6.82. The van der Waals surface area contributed by atoms with E-state index in [0.717, 1.165) is 36.0 Å². The standard InChI is InChI=1S/C20H21Cl/c21-17(20-18-15-7-8-16(11-15)19(18)20)10-12-5-6-13-3-1-2-4-14(13)9-12/h1-6,9,15-20H,7-8,10-11H2. The molecule has 2 aromatic rings. The summed E-state index contributed by atoms with van der Waals surface area (Å²) in [6.07, 6.45) is 5.54. The van der Waals surface area contributed by atoms with Gasteiger partial charge in [0, 0.05) is 5.38 Å². The van der Waals surface area contributed by atoms with E-state index in [1.165, 1.54) is 35.6 Å². The van der Waals surface area contributed by atoms with Crippen LogP contribution in [0.1, 0.15) is 24.8 Å². The molecule has 0 saturated heterocycles. The molecule has 2 aromatic carbocycles. The van der Waals surface area contributed by atoms with Crippen LogP contribution >= 0.6 is 11.6 Å². The van der Waals surface area contributed by atoms with E-state index in [9.17, 15) is 0 Å². The van der Waals surface area contributed by atoms with Crippen LogP contribution in [0.4, 0.5) is 0 Å². The van der Waals surface area contributed by atoms with E-state index in [4.69, 9.17) is 11.6 Å². The van der Waals surface area contributed by atoms with E-state index in [0.29, 0.717) is 5.38 Å². The summed E-state index contributed by atoms with van der Waals surface area (Å²) < 4.78 is 0. The molecule has 0 nitrogen and oxygen atoms in total. The molecule has 0 amide bonds. The van der Waals surface area contributed by atoms with Crippen molar-refractivity contribution in [2.75, 3.05) is 0 Å². The zero-order chi connectivity index (χ0) is 14.0. The molecule has 3 saturated carbocycles. The van der Waals surface area contributed by atoms with Crippen LogP contribution in [0.3, 0.4) is 0 Å². The van der Waals surface area contributed by atoms with Gasteiger partial charge in [0.15, 0.2) is 0 Å². The fourth-order valence-corrected chi connectivity index (χ4v) is 6.12. The second-order valence-corrected chi connectivity index (χ2v) is 8.03. The molecule has 0 aromatic heterocycles. The van der Waals surface area contributed by atoms with Crippen molar-refractivity contribution in [1.29, 1.82) is 0 Å². The highest BCUT2D eigenvalue weighted by molar-refractivity contribution is 6.21. The van der Waals surface area contributed by atoms with Gasteiger partial charge >= 0.3 is 0 Å². The van der Waals surface area contributed by atoms with Gasteiger partial charge in [-0.05, 0) is 71.6 Å². The zero-order valence-electron chi connectivity index (χ0n) is 12.2. The first-order valence-electron chi connectivity index (χ1n) is 8.43. The summed E-state index contributed by atoms with van der Waals surface area (Å²) in [6, 6.07) is 15.4. The number of fused-ring (bicyclic) bond motifs is 6. The lowest BCUT2D eigenvalue weighted by molar-refractivity contribution is 0.449. The van der Waals surface area contributed by atoms with Gasteiger partial charge in [-0.1, -0.05) is 42.5 Å². The van der Waals surface area contributed by atoms with E-state index in [1.54, 1.807) is 0 Å². The molecule has 5 atom stereocenters. The minimum Gasteiger partial charge on any atom is -0.122 e. The third kappa shape index (κ3) is 1.88. The van der Waals surface area contributed by atoms with E-state index in [1.807, 2.05) is 0 Å². The second kappa shape index (κ2) is 4.49. The molecule has 1 heteroatoms. The lowest BCUT2D eigenvalue weighted by Crippen LogP contribution is -2.13. The molecule has 5 unspecified atom stereocenters. The van der Waals surface area contributed by atoms with Crippen molar-refractivity contribution in [2.45, 2.75) is 31.1 Å². The summed E-state index contributed by atoms with van der Waals surface area (Å²) in [5, 5.41) is 3.02. The van der Waals surface area contributed by atoms with E-state index in [-0.39, 0.29) is 0 Å². The van der Waals surface area contributed by atoms with Gasteiger partial charge < -0.3 is 0 Å². The van der Waals surface area contributed by atoms with Crippen molar-refractivity contribution < 1.29 is 0 Å². The Morgan fingerprint density at radius 3 is 2.43 bits per heavy atom. The number of hydrogen-bond acceptors (Lipinski definition) is 0. The SMILES string of the molecule is ClC(Cc1ccc2ccccc2c1)C1C2C3CCC(C3)C12. The molecular formula is C20H21Cl. The Morgan fingerprint density at radius 1 is 0.952 bits per heavy atom. The fourth-order valence-electron chi connectivity index (χ4n) is 5.60. The molecule has 0 heterocycles. The largest absolute Gasteiger partial charge is 0.122 e. The maximum Gasteiger partial charge on any atom is 0.0410 e. The van der Waals surface area contributed by atoms with Crippen molar-refractivity contribution in [3.8, 4) is 0 Å². The average molecular weight is 297 g/mol. The van der Waals surface area contributed by atoms with Gasteiger partial charge in [-0.25, -0.2) is 0 Å². The van der Waals surface area contributed by atoms with Gasteiger partial charge in [0.1, 0.15) is 0 Å². The van der Waals surface area contributed by atoms with Crippen molar-refractivity contribution in [3.05, 3.63) is 48.0 Å². The summed E-state index contributed by atoms with van der Waals surface area (Å²) in [5.74, 6) is 4.87. The third-order valence-corrected chi connectivity index (χ3v) is 6.90. The lowest BCUT2D eigenvalue weighted by Gasteiger charge is -2.14. The van der Waals surface area contributed by atoms with Crippen molar-refractivity contribution >= 4 is 22.4 Å². The zero-order valence-corrected chi connectivity index (χ0v) is 13.0. The molecule has 0 aliphatic heterocycles. The number of benzene rings is 2. The molecule has 5 rings (SSSR count). The molecule has 0 spiro atoms. The normalized spacial score (nSPS) is 37.7. The molecule has 3 fully saturated rings. The molecule has 3 aliphatic carbocycles. The topological polar surface area (TPSA) is 0 Å². The van der Waals surface area contributed by atoms with Gasteiger partial charge in [0.25, 0.3) is 0 Å². The Kier molecular flexibility index (Phi) is 2.68. The summed E-state index contributed by atoms with van der Waals surface area (Å²) in [7, 11) is 0. The Hall–Kier alpha value is -1.01. The number of hydrogen-bond donors (Lipinski definition) is 0. The molecular weight excluding hydrogens is 276 g/mol. The first kappa shape index (κ1) is 12.5. The Balaban J connectivity index is 1.35. The van der Waals surface area contributed by atoms with Crippen LogP contribution in [0.5, 0.6) is 0 Å². The molecule has 108 valence electrons. The molecule has 0 N–H and O–H groups in total. The predicted octanol–water partition coefficient (Wildman–Crippen LogP) is 5.28. The first-order chi connectivity index (χ1) is 10.3. The number of rotatable bonds is 3. The third-order valence-electron chi connectivity index (χ3n) is 6.46. The maximum atomic E-state index is 6.82. The van der Waals surface area contributed by atoms with Crippen LogP contribution in [0.2, 0.25) is 0 Å². The van der Waals surface area contributed by atoms with E-state index < -0.39 is 0 Å². The monoisotopic (exact) mass is 296 g/mol. The van der Waals surface area contributed by atoms with Crippen LogP contribution in [0, 0.1) is 29.6 Å². The summed E-state index contributed by atoms with van der Waals surface area (Å²) >= 11 is 6.82. The quantitative estimate of drug-likeness (QED) is 0.676. The Bertz CT molecular complexity index is 675. The van der Waals surface area contributed by atoms with Gasteiger partial charge in [0.05, 0.1) is 0 Å². The van der Waals surface area contributed by atoms with Gasteiger partial charge in [-0.3, -0.25) is 0 Å². The fraction of sp³-hybridized carbons (Fsp3) is 0.500.